The first-order chi connectivity index (χ1) is 15.3. The van der Waals surface area contributed by atoms with Crippen molar-refractivity contribution in [1.29, 1.82) is 0 Å². The van der Waals surface area contributed by atoms with Gasteiger partial charge >= 0.3 is 0 Å². The molecule has 162 valence electrons. The van der Waals surface area contributed by atoms with Crippen molar-refractivity contribution in [2.45, 2.75) is 24.7 Å². The summed E-state index contributed by atoms with van der Waals surface area (Å²) in [6, 6.07) is 12.4. The van der Waals surface area contributed by atoms with E-state index in [9.17, 15) is 4.79 Å². The molecule has 3 aromatic rings. The van der Waals surface area contributed by atoms with Crippen molar-refractivity contribution in [3.63, 3.8) is 0 Å². The third-order valence-electron chi connectivity index (χ3n) is 5.66. The molecule has 7 nitrogen and oxygen atoms in total. The molecule has 2 aliphatic rings. The maximum Gasteiger partial charge on any atom is 0.233 e. The summed E-state index contributed by atoms with van der Waals surface area (Å²) in [5.41, 5.74) is 2.47. The van der Waals surface area contributed by atoms with Crippen molar-refractivity contribution in [2.75, 3.05) is 43.5 Å². The summed E-state index contributed by atoms with van der Waals surface area (Å²) in [4.78, 5) is 18.5. The van der Waals surface area contributed by atoms with Gasteiger partial charge in [-0.3, -0.25) is 9.36 Å². The first-order valence-corrected chi connectivity index (χ1v) is 12.4. The third-order valence-corrected chi connectivity index (χ3v) is 7.63. The smallest absolute Gasteiger partial charge is 0.233 e. The van der Waals surface area contributed by atoms with Gasteiger partial charge in [0, 0.05) is 31.1 Å². The van der Waals surface area contributed by atoms with Crippen LogP contribution < -0.4 is 4.90 Å². The molecule has 0 spiro atoms. The normalized spacial score (nSPS) is 16.4. The Balaban J connectivity index is 1.31. The molecule has 2 aliphatic heterocycles. The number of ether oxygens (including phenoxy) is 1. The number of carbonyl (C=O) groups is 1. The van der Waals surface area contributed by atoms with Gasteiger partial charge in [0.2, 0.25) is 11.9 Å². The maximum atomic E-state index is 12.9. The summed E-state index contributed by atoms with van der Waals surface area (Å²) in [6.45, 7) is 5.17. The highest BCUT2D eigenvalue weighted by Gasteiger charge is 2.24. The lowest BCUT2D eigenvalue weighted by atomic mass is 10.1. The summed E-state index contributed by atoms with van der Waals surface area (Å²) < 4.78 is 7.63. The number of fused-ring (bicyclic) bond motifs is 1. The van der Waals surface area contributed by atoms with Gasteiger partial charge in [-0.05, 0) is 29.0 Å². The Hall–Kier alpha value is -2.36. The van der Waals surface area contributed by atoms with Gasteiger partial charge in [0.1, 0.15) is 0 Å². The lowest BCUT2D eigenvalue weighted by Crippen LogP contribution is -2.38. The number of benzene rings is 1. The number of nitrogens with zero attached hydrogens (tertiary/aromatic N) is 5. The van der Waals surface area contributed by atoms with Crippen LogP contribution in [0.3, 0.4) is 0 Å². The van der Waals surface area contributed by atoms with Crippen molar-refractivity contribution in [3.05, 3.63) is 57.8 Å². The molecular weight excluding hydrogens is 430 g/mol. The number of morpholine rings is 1. The number of thiophene rings is 1. The second kappa shape index (κ2) is 9.42. The highest BCUT2D eigenvalue weighted by Crippen LogP contribution is 2.27. The molecule has 0 N–H and O–H groups in total. The molecule has 9 heteroatoms. The molecule has 0 radical (unpaired) electrons. The standard InChI is InChI=1S/C22H25N5O2S2/c28-20(26-8-6-19-18(15-26)7-13-30-19)16-31-22-24-23-21(25-9-11-29-12-10-25)27(22)14-17-4-2-1-3-5-17/h1-5,7,13H,6,8-12,14-16H2. The van der Waals surface area contributed by atoms with Gasteiger partial charge < -0.3 is 14.5 Å². The van der Waals surface area contributed by atoms with E-state index >= 15 is 0 Å². The van der Waals surface area contributed by atoms with E-state index in [1.165, 1.54) is 27.8 Å². The Labute approximate surface area is 190 Å². The van der Waals surface area contributed by atoms with Crippen molar-refractivity contribution in [3.8, 4) is 0 Å². The largest absolute Gasteiger partial charge is 0.378 e. The van der Waals surface area contributed by atoms with E-state index in [0.29, 0.717) is 32.1 Å². The maximum absolute atomic E-state index is 12.9. The summed E-state index contributed by atoms with van der Waals surface area (Å²) >= 11 is 3.27. The number of hydrogen-bond donors (Lipinski definition) is 0. The van der Waals surface area contributed by atoms with Crippen LogP contribution in [0, 0.1) is 0 Å². The van der Waals surface area contributed by atoms with Crippen LogP contribution in [0.1, 0.15) is 16.0 Å². The first-order valence-electron chi connectivity index (χ1n) is 10.5. The minimum Gasteiger partial charge on any atom is -0.378 e. The molecule has 0 unspecified atom stereocenters. The monoisotopic (exact) mass is 455 g/mol. The van der Waals surface area contributed by atoms with E-state index in [2.05, 4.69) is 43.2 Å². The number of thioether (sulfide) groups is 1. The molecule has 1 aromatic carbocycles. The molecule has 1 amide bonds. The number of rotatable bonds is 6. The van der Waals surface area contributed by atoms with Gasteiger partial charge in [-0.1, -0.05) is 42.1 Å². The molecule has 0 bridgehead atoms. The van der Waals surface area contributed by atoms with Gasteiger partial charge in [0.25, 0.3) is 0 Å². The number of hydrogen-bond acceptors (Lipinski definition) is 7. The van der Waals surface area contributed by atoms with Gasteiger partial charge in [-0.2, -0.15) is 0 Å². The van der Waals surface area contributed by atoms with Crippen LogP contribution in [-0.2, 0) is 29.0 Å². The average molecular weight is 456 g/mol. The zero-order valence-corrected chi connectivity index (χ0v) is 18.9. The number of aromatic nitrogens is 3. The Bertz CT molecular complexity index is 1030. The topological polar surface area (TPSA) is 63.5 Å². The van der Waals surface area contributed by atoms with Crippen molar-refractivity contribution in [1.82, 2.24) is 19.7 Å². The van der Waals surface area contributed by atoms with E-state index in [4.69, 9.17) is 4.74 Å². The van der Waals surface area contributed by atoms with Crippen LogP contribution >= 0.6 is 23.1 Å². The molecular formula is C22H25N5O2S2. The minimum atomic E-state index is 0.157. The Kier molecular flexibility index (Phi) is 6.24. The van der Waals surface area contributed by atoms with E-state index in [-0.39, 0.29) is 5.91 Å². The second-order valence-corrected chi connectivity index (χ2v) is 9.62. The SMILES string of the molecule is O=C(CSc1nnc(N2CCOCC2)n1Cc1ccccc1)N1CCc2sccc2C1. The highest BCUT2D eigenvalue weighted by molar-refractivity contribution is 7.99. The van der Waals surface area contributed by atoms with E-state index in [1.54, 1.807) is 11.3 Å². The third kappa shape index (κ3) is 4.63. The predicted octanol–water partition coefficient (Wildman–Crippen LogP) is 2.90. The van der Waals surface area contributed by atoms with Crippen LogP contribution in [-0.4, -0.2) is 64.2 Å². The van der Waals surface area contributed by atoms with Gasteiger partial charge in [0.05, 0.1) is 25.5 Å². The van der Waals surface area contributed by atoms with Gasteiger partial charge in [0.15, 0.2) is 5.16 Å². The first kappa shape index (κ1) is 20.5. The Morgan fingerprint density at radius 3 is 2.77 bits per heavy atom. The molecule has 1 fully saturated rings. The fourth-order valence-electron chi connectivity index (χ4n) is 3.97. The Morgan fingerprint density at radius 1 is 1.10 bits per heavy atom. The highest BCUT2D eigenvalue weighted by atomic mass is 32.2. The average Bonchev–Trinajstić information content (AvgIpc) is 3.45. The molecule has 31 heavy (non-hydrogen) atoms. The molecule has 0 saturated carbocycles. The molecule has 0 atom stereocenters. The van der Waals surface area contributed by atoms with Crippen LogP contribution in [0.15, 0.2) is 46.9 Å². The number of anilines is 1. The number of carbonyl (C=O) groups excluding carboxylic acids is 1. The summed E-state index contributed by atoms with van der Waals surface area (Å²) in [7, 11) is 0. The molecule has 0 aliphatic carbocycles. The van der Waals surface area contributed by atoms with Crippen LogP contribution in [0.2, 0.25) is 0 Å². The van der Waals surface area contributed by atoms with Crippen molar-refractivity contribution < 1.29 is 9.53 Å². The van der Waals surface area contributed by atoms with Gasteiger partial charge in [-0.25, -0.2) is 0 Å². The van der Waals surface area contributed by atoms with Crippen LogP contribution in [0.5, 0.6) is 0 Å². The molecule has 5 rings (SSSR count). The molecule has 2 aromatic heterocycles. The van der Waals surface area contributed by atoms with Gasteiger partial charge in [-0.15, -0.1) is 21.5 Å². The fraction of sp³-hybridized carbons (Fsp3) is 0.409. The van der Waals surface area contributed by atoms with E-state index in [0.717, 1.165) is 37.2 Å². The van der Waals surface area contributed by atoms with Crippen LogP contribution in [0.4, 0.5) is 5.95 Å². The molecule has 1 saturated heterocycles. The minimum absolute atomic E-state index is 0.157. The lowest BCUT2D eigenvalue weighted by Gasteiger charge is -2.28. The summed E-state index contributed by atoms with van der Waals surface area (Å²) in [5.74, 6) is 1.38. The second-order valence-electron chi connectivity index (χ2n) is 7.68. The van der Waals surface area contributed by atoms with E-state index < -0.39 is 0 Å². The number of amides is 1. The summed E-state index contributed by atoms with van der Waals surface area (Å²) in [6.07, 6.45) is 0.953. The zero-order chi connectivity index (χ0) is 21.0. The van der Waals surface area contributed by atoms with Crippen LogP contribution in [0.25, 0.3) is 0 Å². The molecule has 4 heterocycles. The van der Waals surface area contributed by atoms with Crippen molar-refractivity contribution in [2.24, 2.45) is 0 Å². The van der Waals surface area contributed by atoms with Crippen molar-refractivity contribution >= 4 is 35.0 Å². The van der Waals surface area contributed by atoms with E-state index in [1.807, 2.05) is 23.1 Å². The lowest BCUT2D eigenvalue weighted by molar-refractivity contribution is -0.129. The summed E-state index contributed by atoms with van der Waals surface area (Å²) in [5, 5.41) is 11.8. The fourth-order valence-corrected chi connectivity index (χ4v) is 5.69. The quantitative estimate of drug-likeness (QED) is 0.533. The zero-order valence-electron chi connectivity index (χ0n) is 17.3. The predicted molar refractivity (Wildman–Crippen MR) is 123 cm³/mol. The Morgan fingerprint density at radius 2 is 1.94 bits per heavy atom.